The number of nitrogens with one attached hydrogen (secondary N) is 1. The van der Waals surface area contributed by atoms with E-state index in [0.29, 0.717) is 26.4 Å². The lowest BCUT2D eigenvalue weighted by atomic mass is 10.1. The minimum absolute atomic E-state index is 0.130. The lowest BCUT2D eigenvalue weighted by Crippen LogP contribution is -2.16. The number of hydrogen-bond acceptors (Lipinski definition) is 6. The van der Waals surface area contributed by atoms with Crippen molar-refractivity contribution in [2.45, 2.75) is 13.5 Å². The van der Waals surface area contributed by atoms with Gasteiger partial charge in [-0.15, -0.1) is 11.3 Å². The SMILES string of the molecule is Cc1csc2nc(COC(=O)c3cccc(NC(=O)c4ccccc4Br)c3)cc(=O)n12. The number of amides is 1. The summed E-state index contributed by atoms with van der Waals surface area (Å²) in [6, 6.07) is 14.9. The van der Waals surface area contributed by atoms with Crippen LogP contribution in [0.1, 0.15) is 32.1 Å². The highest BCUT2D eigenvalue weighted by Crippen LogP contribution is 2.19. The van der Waals surface area contributed by atoms with Crippen LogP contribution in [0.5, 0.6) is 0 Å². The molecule has 0 unspecified atom stereocenters. The number of anilines is 1. The fourth-order valence-electron chi connectivity index (χ4n) is 2.97. The summed E-state index contributed by atoms with van der Waals surface area (Å²) in [5, 5.41) is 4.61. The molecule has 1 N–H and O–H groups in total. The summed E-state index contributed by atoms with van der Waals surface area (Å²) in [5.74, 6) is -0.886. The third-order valence-electron chi connectivity index (χ3n) is 4.45. The molecule has 4 rings (SSSR count). The predicted octanol–water partition coefficient (Wildman–Crippen LogP) is 4.44. The van der Waals surface area contributed by atoms with Gasteiger partial charge in [-0.1, -0.05) is 18.2 Å². The van der Waals surface area contributed by atoms with Gasteiger partial charge in [0.15, 0.2) is 4.96 Å². The molecule has 1 amide bonds. The van der Waals surface area contributed by atoms with E-state index in [1.54, 1.807) is 36.4 Å². The van der Waals surface area contributed by atoms with E-state index in [9.17, 15) is 14.4 Å². The van der Waals surface area contributed by atoms with E-state index in [2.05, 4.69) is 26.2 Å². The topological polar surface area (TPSA) is 89.8 Å². The minimum atomic E-state index is -0.582. The van der Waals surface area contributed by atoms with E-state index in [1.165, 1.54) is 27.9 Å². The number of esters is 1. The molecule has 0 aliphatic rings. The number of aromatic nitrogens is 2. The number of halogens is 1. The Kier molecular flexibility index (Phi) is 5.97. The normalized spacial score (nSPS) is 10.8. The van der Waals surface area contributed by atoms with Crippen LogP contribution in [-0.4, -0.2) is 21.3 Å². The highest BCUT2D eigenvalue weighted by Gasteiger charge is 2.13. The molecule has 0 aliphatic carbocycles. The summed E-state index contributed by atoms with van der Waals surface area (Å²) in [6.45, 7) is 1.70. The van der Waals surface area contributed by atoms with Crippen molar-refractivity contribution in [3.05, 3.63) is 97.3 Å². The van der Waals surface area contributed by atoms with Crippen molar-refractivity contribution >= 4 is 49.8 Å². The lowest BCUT2D eigenvalue weighted by Gasteiger charge is -2.09. The van der Waals surface area contributed by atoms with Crippen molar-refractivity contribution in [2.24, 2.45) is 0 Å². The monoisotopic (exact) mass is 497 g/mol. The van der Waals surface area contributed by atoms with Crippen molar-refractivity contribution in [3.8, 4) is 0 Å². The maximum Gasteiger partial charge on any atom is 0.338 e. The molecule has 0 spiro atoms. The molecule has 0 atom stereocenters. The number of nitrogens with zero attached hydrogens (tertiary/aromatic N) is 2. The summed E-state index contributed by atoms with van der Waals surface area (Å²) in [6.07, 6.45) is 0. The molecule has 9 heteroatoms. The number of hydrogen-bond donors (Lipinski definition) is 1. The van der Waals surface area contributed by atoms with Gasteiger partial charge < -0.3 is 10.1 Å². The maximum atomic E-state index is 12.5. The smallest absolute Gasteiger partial charge is 0.338 e. The zero-order valence-electron chi connectivity index (χ0n) is 16.3. The second kappa shape index (κ2) is 8.83. The molecule has 7 nitrogen and oxygen atoms in total. The number of ether oxygens (including phenoxy) is 1. The molecule has 0 fully saturated rings. The number of carbonyl (C=O) groups is 2. The lowest BCUT2D eigenvalue weighted by molar-refractivity contribution is 0.0467. The molecular formula is C22H16BrN3O4S. The largest absolute Gasteiger partial charge is 0.456 e. The van der Waals surface area contributed by atoms with Crippen LogP contribution in [0.15, 0.2) is 69.2 Å². The van der Waals surface area contributed by atoms with Crippen molar-refractivity contribution in [1.82, 2.24) is 9.38 Å². The summed E-state index contributed by atoms with van der Waals surface area (Å²) < 4.78 is 7.50. The number of carbonyl (C=O) groups excluding carboxylic acids is 2. The average molecular weight is 498 g/mol. The van der Waals surface area contributed by atoms with Gasteiger partial charge in [0.05, 0.1) is 16.8 Å². The summed E-state index contributed by atoms with van der Waals surface area (Å²) >= 11 is 4.70. The molecular weight excluding hydrogens is 482 g/mol. The van der Waals surface area contributed by atoms with Crippen LogP contribution in [-0.2, 0) is 11.3 Å². The fourth-order valence-corrected chi connectivity index (χ4v) is 4.32. The van der Waals surface area contributed by atoms with E-state index in [1.807, 2.05) is 18.4 Å². The van der Waals surface area contributed by atoms with Crippen molar-refractivity contribution in [1.29, 1.82) is 0 Å². The molecule has 2 aromatic heterocycles. The summed E-state index contributed by atoms with van der Waals surface area (Å²) in [5.41, 5.74) is 2.18. The zero-order chi connectivity index (χ0) is 22.0. The summed E-state index contributed by atoms with van der Waals surface area (Å²) in [7, 11) is 0. The molecule has 0 radical (unpaired) electrons. The van der Waals surface area contributed by atoms with Gasteiger partial charge in [-0.3, -0.25) is 14.0 Å². The molecule has 0 aliphatic heterocycles. The molecule has 0 bridgehead atoms. The Morgan fingerprint density at radius 3 is 2.77 bits per heavy atom. The van der Waals surface area contributed by atoms with Gasteiger partial charge in [0.25, 0.3) is 11.5 Å². The predicted molar refractivity (Wildman–Crippen MR) is 122 cm³/mol. The Labute approximate surface area is 189 Å². The van der Waals surface area contributed by atoms with E-state index in [0.717, 1.165) is 5.69 Å². The van der Waals surface area contributed by atoms with Crippen LogP contribution < -0.4 is 10.9 Å². The van der Waals surface area contributed by atoms with E-state index >= 15 is 0 Å². The van der Waals surface area contributed by atoms with Gasteiger partial charge in [0.2, 0.25) is 0 Å². The van der Waals surface area contributed by atoms with Gasteiger partial charge in [-0.25, -0.2) is 9.78 Å². The maximum absolute atomic E-state index is 12.5. The number of thiazole rings is 1. The highest BCUT2D eigenvalue weighted by atomic mass is 79.9. The van der Waals surface area contributed by atoms with Crippen molar-refractivity contribution in [2.75, 3.05) is 5.32 Å². The Bertz CT molecular complexity index is 1360. The van der Waals surface area contributed by atoms with Crippen LogP contribution in [0.4, 0.5) is 5.69 Å². The highest BCUT2D eigenvalue weighted by molar-refractivity contribution is 9.10. The van der Waals surface area contributed by atoms with E-state index < -0.39 is 5.97 Å². The van der Waals surface area contributed by atoms with Gasteiger partial charge in [0, 0.05) is 27.3 Å². The van der Waals surface area contributed by atoms with Crippen LogP contribution in [0, 0.1) is 6.92 Å². The van der Waals surface area contributed by atoms with Crippen LogP contribution >= 0.6 is 27.3 Å². The number of fused-ring (bicyclic) bond motifs is 1. The first kappa shape index (κ1) is 21.0. The number of rotatable bonds is 5. The third kappa shape index (κ3) is 4.57. The molecule has 156 valence electrons. The Balaban J connectivity index is 1.45. The van der Waals surface area contributed by atoms with Crippen molar-refractivity contribution < 1.29 is 14.3 Å². The fraction of sp³-hybridized carbons (Fsp3) is 0.0909. The average Bonchev–Trinajstić information content (AvgIpc) is 3.13. The molecule has 0 saturated carbocycles. The van der Waals surface area contributed by atoms with E-state index in [-0.39, 0.29) is 23.6 Å². The first-order valence-corrected chi connectivity index (χ1v) is 10.9. The minimum Gasteiger partial charge on any atom is -0.456 e. The molecule has 0 saturated heterocycles. The first-order chi connectivity index (χ1) is 14.9. The van der Waals surface area contributed by atoms with Crippen LogP contribution in [0.3, 0.4) is 0 Å². The number of aryl methyl sites for hydroxylation is 1. The molecule has 4 aromatic rings. The van der Waals surface area contributed by atoms with Gasteiger partial charge in [-0.05, 0) is 53.2 Å². The molecule has 2 heterocycles. The van der Waals surface area contributed by atoms with Gasteiger partial charge >= 0.3 is 5.97 Å². The van der Waals surface area contributed by atoms with E-state index in [4.69, 9.17) is 4.74 Å². The number of benzene rings is 2. The standard InChI is InChI=1S/C22H16BrN3O4S/c1-13-12-31-22-25-16(10-19(27)26(13)22)11-30-21(29)14-5-4-6-15(9-14)24-20(28)17-7-2-3-8-18(17)23/h2-10,12H,11H2,1H3,(H,24,28). The second-order valence-electron chi connectivity index (χ2n) is 6.67. The molecule has 2 aromatic carbocycles. The Morgan fingerprint density at radius 2 is 1.97 bits per heavy atom. The van der Waals surface area contributed by atoms with Crippen LogP contribution in [0.2, 0.25) is 0 Å². The first-order valence-electron chi connectivity index (χ1n) is 9.22. The molecule has 31 heavy (non-hydrogen) atoms. The van der Waals surface area contributed by atoms with Gasteiger partial charge in [0.1, 0.15) is 6.61 Å². The van der Waals surface area contributed by atoms with Gasteiger partial charge in [-0.2, -0.15) is 0 Å². The quantitative estimate of drug-likeness (QED) is 0.411. The summed E-state index contributed by atoms with van der Waals surface area (Å²) in [4.78, 5) is 42.1. The van der Waals surface area contributed by atoms with Crippen molar-refractivity contribution in [3.63, 3.8) is 0 Å². The second-order valence-corrected chi connectivity index (χ2v) is 8.36. The Morgan fingerprint density at radius 1 is 1.16 bits per heavy atom. The zero-order valence-corrected chi connectivity index (χ0v) is 18.7. The third-order valence-corrected chi connectivity index (χ3v) is 6.09. The Hall–Kier alpha value is -3.30. The van der Waals surface area contributed by atoms with Crippen LogP contribution in [0.25, 0.3) is 4.96 Å².